The fourth-order valence-corrected chi connectivity index (χ4v) is 7.23. The second-order valence-corrected chi connectivity index (χ2v) is 11.4. The van der Waals surface area contributed by atoms with E-state index in [0.717, 1.165) is 62.0 Å². The minimum absolute atomic E-state index is 0.0154. The van der Waals surface area contributed by atoms with Crippen molar-refractivity contribution >= 4 is 11.9 Å². The van der Waals surface area contributed by atoms with E-state index in [0.29, 0.717) is 18.0 Å². The molecule has 0 unspecified atom stereocenters. The molecule has 0 bridgehead atoms. The molecule has 0 N–H and O–H groups in total. The third-order valence-corrected chi connectivity index (χ3v) is 9.28. The first-order valence-corrected chi connectivity index (χ1v) is 13.3. The molecule has 4 rings (SSSR count). The summed E-state index contributed by atoms with van der Waals surface area (Å²) in [5.41, 5.74) is 2.61. The largest absolute Gasteiger partial charge is 0.497 e. The zero-order valence-electron chi connectivity index (χ0n) is 23.0. The lowest BCUT2D eigenvalue weighted by Gasteiger charge is -2.57. The Morgan fingerprint density at radius 3 is 2.54 bits per heavy atom. The standard InChI is InChI=1S/C31H41NO5/c1-21-8-15-27-30(2,17-7-18-31(27,3)29(34)36-6)25(21)14-11-22-16-19-37-26(22)20-32(4)28(33)23-9-12-24(35-5)13-10-23/h9-10,12-13,16,19,25,27H,1,7-8,11,14-15,17-18,20H2,2-6H3/t25-,27+,30+,31-/m0/s1. The SMILES string of the molecule is C=C1CC[C@@H]2[C@](C)(CCC[C@]2(C)C(=O)OC)[C@H]1CCc1ccoc1CN(C)C(=O)c1ccc(OC)cc1. The lowest BCUT2D eigenvalue weighted by atomic mass is 9.46. The maximum absolute atomic E-state index is 13.0. The molecular weight excluding hydrogens is 466 g/mol. The number of fused-ring (bicyclic) bond motifs is 1. The third kappa shape index (κ3) is 5.07. The van der Waals surface area contributed by atoms with Crippen LogP contribution in [0.2, 0.25) is 0 Å². The Morgan fingerprint density at radius 2 is 1.86 bits per heavy atom. The van der Waals surface area contributed by atoms with E-state index in [4.69, 9.17) is 13.9 Å². The number of hydrogen-bond acceptors (Lipinski definition) is 5. The summed E-state index contributed by atoms with van der Waals surface area (Å²) in [6.45, 7) is 9.36. The average molecular weight is 508 g/mol. The van der Waals surface area contributed by atoms with Crippen LogP contribution in [-0.2, 0) is 22.5 Å². The quantitative estimate of drug-likeness (QED) is 0.304. The molecule has 6 heteroatoms. The molecule has 1 amide bonds. The van der Waals surface area contributed by atoms with Gasteiger partial charge in [-0.15, -0.1) is 0 Å². The predicted molar refractivity (Wildman–Crippen MR) is 143 cm³/mol. The molecule has 2 saturated carbocycles. The van der Waals surface area contributed by atoms with Gasteiger partial charge in [0, 0.05) is 12.6 Å². The number of ether oxygens (including phenoxy) is 2. The van der Waals surface area contributed by atoms with Gasteiger partial charge in [0.2, 0.25) is 0 Å². The molecule has 1 aromatic carbocycles. The second kappa shape index (κ2) is 10.8. The summed E-state index contributed by atoms with van der Waals surface area (Å²) in [6.07, 6.45) is 8.47. The van der Waals surface area contributed by atoms with Crippen LogP contribution in [0.4, 0.5) is 0 Å². The van der Waals surface area contributed by atoms with Crippen molar-refractivity contribution in [3.8, 4) is 5.75 Å². The lowest BCUT2D eigenvalue weighted by Crippen LogP contribution is -2.53. The molecule has 200 valence electrons. The second-order valence-electron chi connectivity index (χ2n) is 11.4. The molecule has 0 aliphatic heterocycles. The Labute approximate surface area is 221 Å². The predicted octanol–water partition coefficient (Wildman–Crippen LogP) is 6.44. The number of amides is 1. The number of hydrogen-bond donors (Lipinski definition) is 0. The van der Waals surface area contributed by atoms with Crippen molar-refractivity contribution in [3.05, 3.63) is 65.6 Å². The minimum Gasteiger partial charge on any atom is -0.497 e. The molecule has 4 atom stereocenters. The maximum atomic E-state index is 13.0. The van der Waals surface area contributed by atoms with Gasteiger partial charge in [-0.3, -0.25) is 9.59 Å². The first-order chi connectivity index (χ1) is 17.6. The van der Waals surface area contributed by atoms with Gasteiger partial charge >= 0.3 is 5.97 Å². The molecule has 1 aromatic heterocycles. The smallest absolute Gasteiger partial charge is 0.311 e. The Hall–Kier alpha value is -3.02. The van der Waals surface area contributed by atoms with Crippen LogP contribution in [0, 0.1) is 22.7 Å². The topological polar surface area (TPSA) is 69.0 Å². The summed E-state index contributed by atoms with van der Waals surface area (Å²) in [5.74, 6) is 2.01. The van der Waals surface area contributed by atoms with Crippen LogP contribution in [0.15, 0.2) is 53.2 Å². The summed E-state index contributed by atoms with van der Waals surface area (Å²) in [4.78, 5) is 27.5. The molecule has 2 fully saturated rings. The third-order valence-electron chi connectivity index (χ3n) is 9.28. The monoisotopic (exact) mass is 507 g/mol. The van der Waals surface area contributed by atoms with Gasteiger partial charge in [-0.1, -0.05) is 25.5 Å². The highest BCUT2D eigenvalue weighted by Gasteiger charge is 2.57. The van der Waals surface area contributed by atoms with Crippen molar-refractivity contribution in [2.24, 2.45) is 22.7 Å². The van der Waals surface area contributed by atoms with E-state index in [-0.39, 0.29) is 23.2 Å². The van der Waals surface area contributed by atoms with Gasteiger partial charge in [-0.05, 0) is 98.6 Å². The van der Waals surface area contributed by atoms with E-state index in [1.165, 1.54) is 12.7 Å². The van der Waals surface area contributed by atoms with Crippen molar-refractivity contribution in [1.82, 2.24) is 4.90 Å². The zero-order valence-corrected chi connectivity index (χ0v) is 23.0. The van der Waals surface area contributed by atoms with Gasteiger partial charge in [0.15, 0.2) is 0 Å². The van der Waals surface area contributed by atoms with E-state index in [2.05, 4.69) is 20.4 Å². The Balaban J connectivity index is 1.46. The molecule has 0 radical (unpaired) electrons. The van der Waals surface area contributed by atoms with E-state index >= 15 is 0 Å². The number of methoxy groups -OCH3 is 2. The number of benzene rings is 1. The number of esters is 1. The Kier molecular flexibility index (Phi) is 7.86. The van der Waals surface area contributed by atoms with Gasteiger partial charge < -0.3 is 18.8 Å². The summed E-state index contributed by atoms with van der Waals surface area (Å²) in [7, 11) is 4.91. The number of nitrogens with zero attached hydrogens (tertiary/aromatic N) is 1. The van der Waals surface area contributed by atoms with Gasteiger partial charge in [-0.25, -0.2) is 0 Å². The fourth-order valence-electron chi connectivity index (χ4n) is 7.23. The van der Waals surface area contributed by atoms with E-state index in [1.807, 2.05) is 6.07 Å². The van der Waals surface area contributed by atoms with Gasteiger partial charge in [0.05, 0.1) is 32.4 Å². The molecule has 2 aliphatic carbocycles. The fraction of sp³-hybridized carbons (Fsp3) is 0.548. The number of carbonyl (C=O) groups is 2. The molecule has 0 spiro atoms. The van der Waals surface area contributed by atoms with Crippen LogP contribution in [0.3, 0.4) is 0 Å². The van der Waals surface area contributed by atoms with E-state index < -0.39 is 5.41 Å². The highest BCUT2D eigenvalue weighted by Crippen LogP contribution is 2.62. The van der Waals surface area contributed by atoms with Crippen molar-refractivity contribution < 1.29 is 23.5 Å². The van der Waals surface area contributed by atoms with E-state index in [9.17, 15) is 9.59 Å². The number of aryl methyl sites for hydroxylation is 1. The average Bonchev–Trinajstić information content (AvgIpc) is 3.33. The summed E-state index contributed by atoms with van der Waals surface area (Å²) >= 11 is 0. The number of rotatable bonds is 8. The van der Waals surface area contributed by atoms with Crippen molar-refractivity contribution in [2.45, 2.75) is 65.3 Å². The first kappa shape index (κ1) is 27.0. The lowest BCUT2D eigenvalue weighted by molar-refractivity contribution is -0.168. The van der Waals surface area contributed by atoms with Crippen LogP contribution in [0.5, 0.6) is 5.75 Å². The zero-order chi connectivity index (χ0) is 26.8. The summed E-state index contributed by atoms with van der Waals surface area (Å²) in [6, 6.07) is 9.16. The van der Waals surface area contributed by atoms with Crippen LogP contribution in [-0.4, -0.2) is 38.0 Å². The number of carbonyl (C=O) groups excluding carboxylic acids is 2. The van der Waals surface area contributed by atoms with E-state index in [1.54, 1.807) is 49.6 Å². The number of furan rings is 1. The van der Waals surface area contributed by atoms with Crippen molar-refractivity contribution in [2.75, 3.05) is 21.3 Å². The van der Waals surface area contributed by atoms with Gasteiger partial charge in [0.25, 0.3) is 5.91 Å². The maximum Gasteiger partial charge on any atom is 0.311 e. The van der Waals surface area contributed by atoms with Gasteiger partial charge in [0.1, 0.15) is 11.5 Å². The summed E-state index contributed by atoms with van der Waals surface area (Å²) < 4.78 is 16.3. The molecule has 0 saturated heterocycles. The van der Waals surface area contributed by atoms with Gasteiger partial charge in [-0.2, -0.15) is 0 Å². The van der Waals surface area contributed by atoms with Crippen LogP contribution in [0.25, 0.3) is 0 Å². The Morgan fingerprint density at radius 1 is 1.14 bits per heavy atom. The Bertz CT molecular complexity index is 1130. The minimum atomic E-state index is -0.438. The molecule has 6 nitrogen and oxygen atoms in total. The normalized spacial score (nSPS) is 27.3. The van der Waals surface area contributed by atoms with Crippen LogP contribution < -0.4 is 4.74 Å². The van der Waals surface area contributed by atoms with Crippen molar-refractivity contribution in [3.63, 3.8) is 0 Å². The van der Waals surface area contributed by atoms with Crippen molar-refractivity contribution in [1.29, 1.82) is 0 Å². The molecule has 37 heavy (non-hydrogen) atoms. The van der Waals surface area contributed by atoms with Crippen LogP contribution in [0.1, 0.15) is 74.1 Å². The molecule has 1 heterocycles. The van der Waals surface area contributed by atoms with Crippen LogP contribution >= 0.6 is 0 Å². The molecule has 2 aromatic rings. The first-order valence-electron chi connectivity index (χ1n) is 13.3. The summed E-state index contributed by atoms with van der Waals surface area (Å²) in [5, 5.41) is 0. The highest BCUT2D eigenvalue weighted by atomic mass is 16.5. The number of allylic oxidation sites excluding steroid dienone is 1. The highest BCUT2D eigenvalue weighted by molar-refractivity contribution is 5.94. The molecule has 2 aliphatic rings. The molecular formula is C31H41NO5.